The van der Waals surface area contributed by atoms with Crippen molar-refractivity contribution in [3.8, 4) is 0 Å². The molecule has 0 atom stereocenters. The van der Waals surface area contributed by atoms with E-state index in [1.807, 2.05) is 0 Å². The monoisotopic (exact) mass is 296 g/mol. The Hall–Kier alpha value is -2.62. The summed E-state index contributed by atoms with van der Waals surface area (Å²) in [6, 6.07) is 9.79. The molecule has 22 heavy (non-hydrogen) atoms. The standard InChI is InChI=1S/C14H10N2O2.C4H10/c15-9-5-6-10(16)12-11(9)13(17)7-3-1-2-4-8(7)14(12)18;1-3-4-2/h1-6H,15-16H2;3-4H2,1-2H3. The van der Waals surface area contributed by atoms with Crippen molar-refractivity contribution < 1.29 is 9.59 Å². The van der Waals surface area contributed by atoms with E-state index in [9.17, 15) is 9.59 Å². The van der Waals surface area contributed by atoms with Gasteiger partial charge in [-0.05, 0) is 12.1 Å². The normalized spacial score (nSPS) is 12.1. The largest absolute Gasteiger partial charge is 0.398 e. The third-order valence-electron chi connectivity index (χ3n) is 3.64. The van der Waals surface area contributed by atoms with Crippen LogP contribution in [0, 0.1) is 0 Å². The highest BCUT2D eigenvalue weighted by Gasteiger charge is 2.32. The Morgan fingerprint density at radius 2 is 1.09 bits per heavy atom. The van der Waals surface area contributed by atoms with E-state index in [1.165, 1.54) is 12.8 Å². The lowest BCUT2D eigenvalue weighted by atomic mass is 9.82. The molecule has 0 saturated carbocycles. The number of carbonyl (C=O) groups is 2. The van der Waals surface area contributed by atoms with Crippen LogP contribution in [0.5, 0.6) is 0 Å². The van der Waals surface area contributed by atoms with E-state index >= 15 is 0 Å². The number of anilines is 2. The SMILES string of the molecule is CCCC.Nc1ccc(N)c2c1C(=O)c1ccccc1C2=O. The van der Waals surface area contributed by atoms with Crippen molar-refractivity contribution in [1.29, 1.82) is 0 Å². The van der Waals surface area contributed by atoms with Crippen LogP contribution in [0.2, 0.25) is 0 Å². The minimum Gasteiger partial charge on any atom is -0.398 e. The van der Waals surface area contributed by atoms with Gasteiger partial charge in [0.05, 0.1) is 11.1 Å². The third-order valence-corrected chi connectivity index (χ3v) is 3.64. The number of ketones is 2. The molecule has 0 radical (unpaired) electrons. The molecule has 114 valence electrons. The molecule has 0 amide bonds. The molecule has 1 aliphatic carbocycles. The van der Waals surface area contributed by atoms with Crippen molar-refractivity contribution in [1.82, 2.24) is 0 Å². The van der Waals surface area contributed by atoms with E-state index in [1.54, 1.807) is 36.4 Å². The molecule has 4 N–H and O–H groups in total. The van der Waals surface area contributed by atoms with Crippen molar-refractivity contribution in [2.24, 2.45) is 0 Å². The van der Waals surface area contributed by atoms with Crippen LogP contribution in [0.25, 0.3) is 0 Å². The quantitative estimate of drug-likeness (QED) is 0.673. The number of nitrogens with two attached hydrogens (primary N) is 2. The number of benzene rings is 2. The van der Waals surface area contributed by atoms with Crippen molar-refractivity contribution in [3.63, 3.8) is 0 Å². The van der Waals surface area contributed by atoms with Crippen LogP contribution in [0.4, 0.5) is 11.4 Å². The highest BCUT2D eigenvalue weighted by Crippen LogP contribution is 2.33. The molecule has 0 fully saturated rings. The fourth-order valence-electron chi connectivity index (χ4n) is 2.27. The number of unbranched alkanes of at least 4 members (excludes halogenated alkanes) is 1. The average molecular weight is 296 g/mol. The zero-order valence-corrected chi connectivity index (χ0v) is 12.8. The Kier molecular flexibility index (Phi) is 4.61. The highest BCUT2D eigenvalue weighted by molar-refractivity contribution is 6.31. The average Bonchev–Trinajstić information content (AvgIpc) is 2.55. The maximum Gasteiger partial charge on any atom is 0.196 e. The van der Waals surface area contributed by atoms with Gasteiger partial charge in [0.1, 0.15) is 0 Å². The van der Waals surface area contributed by atoms with Crippen molar-refractivity contribution in [3.05, 3.63) is 58.7 Å². The summed E-state index contributed by atoms with van der Waals surface area (Å²) in [7, 11) is 0. The molecule has 4 nitrogen and oxygen atoms in total. The number of nitrogen functional groups attached to an aromatic ring is 2. The van der Waals surface area contributed by atoms with Gasteiger partial charge in [-0.2, -0.15) is 0 Å². The minimum atomic E-state index is -0.245. The van der Waals surface area contributed by atoms with E-state index in [-0.39, 0.29) is 34.1 Å². The van der Waals surface area contributed by atoms with Crippen LogP contribution in [-0.4, -0.2) is 11.6 Å². The van der Waals surface area contributed by atoms with Gasteiger partial charge in [0.2, 0.25) is 0 Å². The first-order valence-electron chi connectivity index (χ1n) is 7.39. The molecule has 4 heteroatoms. The smallest absolute Gasteiger partial charge is 0.196 e. The number of hydrogen-bond acceptors (Lipinski definition) is 4. The molecule has 1 aliphatic rings. The van der Waals surface area contributed by atoms with Crippen molar-refractivity contribution in [2.45, 2.75) is 26.7 Å². The summed E-state index contributed by atoms with van der Waals surface area (Å²) in [5.41, 5.74) is 13.4. The fourth-order valence-corrected chi connectivity index (χ4v) is 2.27. The van der Waals surface area contributed by atoms with E-state index in [2.05, 4.69) is 13.8 Å². The second-order valence-electron chi connectivity index (χ2n) is 5.20. The summed E-state index contributed by atoms with van der Waals surface area (Å²) in [6.45, 7) is 4.36. The van der Waals surface area contributed by atoms with E-state index in [0.717, 1.165) is 0 Å². The Bertz CT molecular complexity index is 674. The molecule has 3 rings (SSSR count). The first kappa shape index (κ1) is 15.8. The van der Waals surface area contributed by atoms with Gasteiger partial charge in [-0.15, -0.1) is 0 Å². The number of fused-ring (bicyclic) bond motifs is 2. The molecule has 2 aromatic carbocycles. The van der Waals surface area contributed by atoms with Crippen LogP contribution in [-0.2, 0) is 0 Å². The van der Waals surface area contributed by atoms with Gasteiger partial charge in [-0.3, -0.25) is 9.59 Å². The number of rotatable bonds is 1. The summed E-state index contributed by atoms with van der Waals surface area (Å²) in [4.78, 5) is 24.7. The Morgan fingerprint density at radius 3 is 1.41 bits per heavy atom. The van der Waals surface area contributed by atoms with Gasteiger partial charge in [0.25, 0.3) is 0 Å². The third kappa shape index (κ3) is 2.60. The van der Waals surface area contributed by atoms with Crippen LogP contribution >= 0.6 is 0 Å². The van der Waals surface area contributed by atoms with Gasteiger partial charge in [-0.25, -0.2) is 0 Å². The Morgan fingerprint density at radius 1 is 0.727 bits per heavy atom. The lowest BCUT2D eigenvalue weighted by Crippen LogP contribution is -2.23. The zero-order chi connectivity index (χ0) is 16.3. The minimum absolute atomic E-state index is 0.221. The van der Waals surface area contributed by atoms with Gasteiger partial charge in [0.15, 0.2) is 11.6 Å². The summed E-state index contributed by atoms with van der Waals surface area (Å²) < 4.78 is 0. The van der Waals surface area contributed by atoms with Gasteiger partial charge in [0, 0.05) is 22.5 Å². The maximum absolute atomic E-state index is 12.3. The highest BCUT2D eigenvalue weighted by atomic mass is 16.1. The Labute approximate surface area is 130 Å². The lowest BCUT2D eigenvalue weighted by molar-refractivity contribution is 0.0980. The van der Waals surface area contributed by atoms with Crippen LogP contribution < -0.4 is 11.5 Å². The van der Waals surface area contributed by atoms with E-state index < -0.39 is 0 Å². The second-order valence-corrected chi connectivity index (χ2v) is 5.20. The first-order valence-corrected chi connectivity index (χ1v) is 7.39. The second kappa shape index (κ2) is 6.43. The summed E-state index contributed by atoms with van der Waals surface area (Å²) >= 11 is 0. The van der Waals surface area contributed by atoms with Crippen LogP contribution in [0.1, 0.15) is 58.5 Å². The van der Waals surface area contributed by atoms with Gasteiger partial charge < -0.3 is 11.5 Å². The molecule has 2 aromatic rings. The van der Waals surface area contributed by atoms with Gasteiger partial charge >= 0.3 is 0 Å². The molecule has 0 unspecified atom stereocenters. The predicted molar refractivity (Wildman–Crippen MR) is 89.2 cm³/mol. The summed E-state index contributed by atoms with van der Waals surface area (Å²) in [5.74, 6) is -0.491. The molecular formula is C18H20N2O2. The van der Waals surface area contributed by atoms with E-state index in [0.29, 0.717) is 11.1 Å². The van der Waals surface area contributed by atoms with Crippen molar-refractivity contribution in [2.75, 3.05) is 11.5 Å². The van der Waals surface area contributed by atoms with E-state index in [4.69, 9.17) is 11.5 Å². The summed E-state index contributed by atoms with van der Waals surface area (Å²) in [5, 5.41) is 0. The first-order chi connectivity index (χ1) is 10.5. The Balaban J connectivity index is 0.000000396. The molecule has 0 aromatic heterocycles. The van der Waals surface area contributed by atoms with Crippen LogP contribution in [0.15, 0.2) is 36.4 Å². The molecule has 0 bridgehead atoms. The zero-order valence-electron chi connectivity index (χ0n) is 12.8. The number of hydrogen-bond donors (Lipinski definition) is 2. The van der Waals surface area contributed by atoms with Gasteiger partial charge in [-0.1, -0.05) is 51.0 Å². The molecule has 0 spiro atoms. The maximum atomic E-state index is 12.3. The number of carbonyl (C=O) groups excluding carboxylic acids is 2. The molecule has 0 saturated heterocycles. The topological polar surface area (TPSA) is 86.2 Å². The summed E-state index contributed by atoms with van der Waals surface area (Å²) in [6.07, 6.45) is 2.64. The van der Waals surface area contributed by atoms with Crippen molar-refractivity contribution >= 4 is 22.9 Å². The molecule has 0 heterocycles. The molecule has 0 aliphatic heterocycles. The lowest BCUT2D eigenvalue weighted by Gasteiger charge is -2.20. The fraction of sp³-hybridized carbons (Fsp3) is 0.222. The molecular weight excluding hydrogens is 276 g/mol. The van der Waals surface area contributed by atoms with Crippen LogP contribution in [0.3, 0.4) is 0 Å². The predicted octanol–water partition coefficient (Wildman–Crippen LogP) is 3.43.